The summed E-state index contributed by atoms with van der Waals surface area (Å²) in [5, 5.41) is 6.27. The van der Waals surface area contributed by atoms with Crippen molar-refractivity contribution in [2.24, 2.45) is 0 Å². The first kappa shape index (κ1) is 15.4. The van der Waals surface area contributed by atoms with E-state index >= 15 is 0 Å². The second-order valence-corrected chi connectivity index (χ2v) is 7.24. The highest BCUT2D eigenvalue weighted by molar-refractivity contribution is 7.93. The van der Waals surface area contributed by atoms with Gasteiger partial charge in [-0.3, -0.25) is 9.82 Å². The molecule has 0 saturated carbocycles. The van der Waals surface area contributed by atoms with E-state index in [9.17, 15) is 20.7 Å². The van der Waals surface area contributed by atoms with Gasteiger partial charge >= 0.3 is 10.2 Å². The van der Waals surface area contributed by atoms with Gasteiger partial charge in [0.15, 0.2) is 0 Å². The minimum Gasteiger partial charge on any atom is -0.281 e. The van der Waals surface area contributed by atoms with Crippen molar-refractivity contribution in [2.45, 2.75) is 23.6 Å². The largest absolute Gasteiger partial charge is 0.334 e. The summed E-state index contributed by atoms with van der Waals surface area (Å²) in [6, 6.07) is 4.82. The minimum absolute atomic E-state index is 0.103. The molecule has 114 valence electrons. The van der Waals surface area contributed by atoms with Gasteiger partial charge in [-0.2, -0.15) is 13.5 Å². The quantitative estimate of drug-likeness (QED) is 0.824. The van der Waals surface area contributed by atoms with E-state index in [0.29, 0.717) is 5.69 Å². The van der Waals surface area contributed by atoms with Crippen molar-refractivity contribution in [3.63, 3.8) is 0 Å². The fourth-order valence-electron chi connectivity index (χ4n) is 1.90. The van der Waals surface area contributed by atoms with Crippen LogP contribution in [0, 0.1) is 13.8 Å². The van der Waals surface area contributed by atoms with Crippen LogP contribution in [-0.2, 0) is 20.2 Å². The van der Waals surface area contributed by atoms with Gasteiger partial charge in [-0.05, 0) is 26.0 Å². The smallest absolute Gasteiger partial charge is 0.281 e. The van der Waals surface area contributed by atoms with Crippen LogP contribution in [0.1, 0.15) is 11.4 Å². The third kappa shape index (κ3) is 3.05. The van der Waals surface area contributed by atoms with E-state index in [1.54, 1.807) is 0 Å². The lowest BCUT2D eigenvalue weighted by Gasteiger charge is -2.10. The van der Waals surface area contributed by atoms with Gasteiger partial charge in [0.05, 0.1) is 17.1 Å². The zero-order valence-corrected chi connectivity index (χ0v) is 12.7. The maximum absolute atomic E-state index is 13.2. The fourth-order valence-corrected chi connectivity index (χ4v) is 4.04. The zero-order chi connectivity index (χ0) is 15.8. The predicted octanol–water partition coefficient (Wildman–Crippen LogP) is 1.49. The van der Waals surface area contributed by atoms with Crippen LogP contribution < -0.4 is 4.72 Å². The van der Waals surface area contributed by atoms with Crippen LogP contribution in [0.15, 0.2) is 34.1 Å². The Morgan fingerprint density at radius 3 is 2.29 bits per heavy atom. The molecule has 2 N–H and O–H groups in total. The molecule has 0 radical (unpaired) electrons. The van der Waals surface area contributed by atoms with Crippen molar-refractivity contribution in [1.82, 2.24) is 10.2 Å². The summed E-state index contributed by atoms with van der Waals surface area (Å²) in [6.07, 6.45) is 0. The molecule has 0 aliphatic carbocycles. The van der Waals surface area contributed by atoms with E-state index in [0.717, 1.165) is 12.1 Å². The second-order valence-electron chi connectivity index (χ2n) is 4.30. The van der Waals surface area contributed by atoms with Crippen LogP contribution in [0.5, 0.6) is 0 Å². The molecule has 2 rings (SSSR count). The van der Waals surface area contributed by atoms with E-state index < -0.39 is 25.1 Å². The minimum atomic E-state index is -5.05. The van der Waals surface area contributed by atoms with Crippen molar-refractivity contribution in [3.05, 3.63) is 35.7 Å². The van der Waals surface area contributed by atoms with Gasteiger partial charge in [0, 0.05) is 0 Å². The Kier molecular flexibility index (Phi) is 3.76. The fraction of sp³-hybridized carbons (Fsp3) is 0.182. The third-order valence-corrected chi connectivity index (χ3v) is 5.23. The highest BCUT2D eigenvalue weighted by Crippen LogP contribution is 2.26. The molecule has 1 aromatic carbocycles. The first-order chi connectivity index (χ1) is 9.63. The Morgan fingerprint density at radius 2 is 1.76 bits per heavy atom. The summed E-state index contributed by atoms with van der Waals surface area (Å²) in [4.78, 5) is -0.846. The SMILES string of the molecule is Cc1n[nH]c(C)c1S(=O)(=O)Nc1ccccc1S(=O)(=O)F. The summed E-state index contributed by atoms with van der Waals surface area (Å²) in [5.74, 6) is 0. The molecule has 0 unspecified atom stereocenters. The van der Waals surface area contributed by atoms with Crippen LogP contribution in [0.4, 0.5) is 9.57 Å². The summed E-state index contributed by atoms with van der Waals surface area (Å²) in [5.41, 5.74) is 0.154. The lowest BCUT2D eigenvalue weighted by molar-refractivity contribution is 0.552. The molecule has 0 bridgehead atoms. The van der Waals surface area contributed by atoms with Gasteiger partial charge in [0.25, 0.3) is 10.0 Å². The molecule has 10 heteroatoms. The number of nitrogens with one attached hydrogen (secondary N) is 2. The third-order valence-electron chi connectivity index (χ3n) is 2.72. The first-order valence-corrected chi connectivity index (χ1v) is 8.57. The van der Waals surface area contributed by atoms with E-state index in [1.807, 2.05) is 0 Å². The molecule has 0 saturated heterocycles. The van der Waals surface area contributed by atoms with E-state index in [-0.39, 0.29) is 16.3 Å². The summed E-state index contributed by atoms with van der Waals surface area (Å²) >= 11 is 0. The van der Waals surface area contributed by atoms with Gasteiger partial charge in [0.1, 0.15) is 9.79 Å². The van der Waals surface area contributed by atoms with Crippen LogP contribution >= 0.6 is 0 Å². The average molecular weight is 333 g/mol. The number of para-hydroxylation sites is 1. The number of sulfonamides is 1. The highest BCUT2D eigenvalue weighted by Gasteiger charge is 2.25. The van der Waals surface area contributed by atoms with Crippen molar-refractivity contribution in [1.29, 1.82) is 0 Å². The first-order valence-electron chi connectivity index (χ1n) is 5.71. The molecule has 0 spiro atoms. The van der Waals surface area contributed by atoms with E-state index in [2.05, 4.69) is 14.9 Å². The Bertz CT molecular complexity index is 868. The summed E-state index contributed by atoms with van der Waals surface area (Å²) in [7, 11) is -9.13. The zero-order valence-electron chi connectivity index (χ0n) is 11.1. The van der Waals surface area contributed by atoms with Crippen LogP contribution in [0.2, 0.25) is 0 Å². The van der Waals surface area contributed by atoms with Crippen molar-refractivity contribution in [2.75, 3.05) is 4.72 Å². The Labute approximate surface area is 121 Å². The van der Waals surface area contributed by atoms with E-state index in [4.69, 9.17) is 0 Å². The van der Waals surface area contributed by atoms with E-state index in [1.165, 1.54) is 26.0 Å². The molecule has 0 aliphatic rings. The van der Waals surface area contributed by atoms with Gasteiger partial charge in [-0.25, -0.2) is 8.42 Å². The Morgan fingerprint density at radius 1 is 1.14 bits per heavy atom. The number of anilines is 1. The van der Waals surface area contributed by atoms with Gasteiger partial charge in [-0.1, -0.05) is 12.1 Å². The molecule has 1 aromatic heterocycles. The molecule has 21 heavy (non-hydrogen) atoms. The lowest BCUT2D eigenvalue weighted by Crippen LogP contribution is -2.16. The molecule has 1 heterocycles. The van der Waals surface area contributed by atoms with Crippen molar-refractivity contribution >= 4 is 25.9 Å². The van der Waals surface area contributed by atoms with Gasteiger partial charge in [-0.15, -0.1) is 3.89 Å². The number of hydrogen-bond acceptors (Lipinski definition) is 5. The number of aromatic amines is 1. The number of aryl methyl sites for hydroxylation is 2. The van der Waals surface area contributed by atoms with Crippen molar-refractivity contribution in [3.8, 4) is 0 Å². The van der Waals surface area contributed by atoms with Gasteiger partial charge < -0.3 is 0 Å². The Balaban J connectivity index is 2.53. The monoisotopic (exact) mass is 333 g/mol. The maximum atomic E-state index is 13.2. The molecular formula is C11H12FN3O4S2. The summed E-state index contributed by atoms with van der Waals surface area (Å²) in [6.45, 7) is 2.99. The second kappa shape index (κ2) is 5.11. The maximum Gasteiger partial charge on any atom is 0.334 e. The molecular weight excluding hydrogens is 321 g/mol. The van der Waals surface area contributed by atoms with Crippen LogP contribution in [0.25, 0.3) is 0 Å². The average Bonchev–Trinajstić information content (AvgIpc) is 2.68. The van der Waals surface area contributed by atoms with Gasteiger partial charge in [0.2, 0.25) is 0 Å². The number of benzene rings is 1. The molecule has 0 fully saturated rings. The lowest BCUT2D eigenvalue weighted by atomic mass is 10.3. The Hall–Kier alpha value is -1.94. The molecule has 0 aliphatic heterocycles. The normalized spacial score (nSPS) is 12.3. The van der Waals surface area contributed by atoms with Crippen LogP contribution in [-0.4, -0.2) is 27.0 Å². The molecule has 2 aromatic rings. The summed E-state index contributed by atoms with van der Waals surface area (Å²) < 4.78 is 61.9. The number of halogens is 1. The number of rotatable bonds is 4. The standard InChI is InChI=1S/C11H12FN3O4S2/c1-7-11(8(2)14-13-7)21(18,19)15-9-5-3-4-6-10(9)20(12,16)17/h3-6,15H,1-2H3,(H,13,14). The number of nitrogens with zero attached hydrogens (tertiary/aromatic N) is 1. The number of hydrogen-bond donors (Lipinski definition) is 2. The van der Waals surface area contributed by atoms with Crippen molar-refractivity contribution < 1.29 is 20.7 Å². The predicted molar refractivity (Wildman–Crippen MR) is 73.6 cm³/mol. The number of aromatic nitrogens is 2. The van der Waals surface area contributed by atoms with Crippen LogP contribution in [0.3, 0.4) is 0 Å². The molecule has 7 nitrogen and oxygen atoms in total. The highest BCUT2D eigenvalue weighted by atomic mass is 32.3. The molecule has 0 atom stereocenters. The molecule has 0 amide bonds. The number of H-pyrrole nitrogens is 1. The topological polar surface area (TPSA) is 109 Å².